The molecular weight excluding hydrogens is 196 g/mol. The van der Waals surface area contributed by atoms with Gasteiger partial charge in [0.05, 0.1) is 0 Å². The molecule has 0 heterocycles. The van der Waals surface area contributed by atoms with Crippen molar-refractivity contribution < 1.29 is 4.79 Å². The lowest BCUT2D eigenvalue weighted by molar-refractivity contribution is 0.0927. The van der Waals surface area contributed by atoms with Gasteiger partial charge in [0.25, 0.3) is 0 Å². The Labute approximate surface area is 98.9 Å². The molecule has 1 heteroatoms. The predicted molar refractivity (Wildman–Crippen MR) is 68.7 cm³/mol. The largest absolute Gasteiger partial charge is 0.294 e. The first-order chi connectivity index (χ1) is 7.30. The average molecular weight is 218 g/mol. The van der Waals surface area contributed by atoms with Gasteiger partial charge in [-0.05, 0) is 18.3 Å². The highest BCUT2D eigenvalue weighted by atomic mass is 16.1. The van der Waals surface area contributed by atoms with Gasteiger partial charge in [0.15, 0.2) is 5.78 Å². The van der Waals surface area contributed by atoms with Gasteiger partial charge in [-0.3, -0.25) is 4.79 Å². The fourth-order valence-corrected chi connectivity index (χ4v) is 1.44. The highest BCUT2D eigenvalue weighted by molar-refractivity contribution is 5.96. The molecule has 0 aliphatic heterocycles. The molecule has 88 valence electrons. The number of rotatable bonds is 3. The number of hydrogen-bond acceptors (Lipinski definition) is 1. The van der Waals surface area contributed by atoms with Crippen LogP contribution in [0, 0.1) is 18.3 Å². The molecule has 0 N–H and O–H groups in total. The summed E-state index contributed by atoms with van der Waals surface area (Å²) in [4.78, 5) is 12.0. The van der Waals surface area contributed by atoms with E-state index >= 15 is 0 Å². The Balaban J connectivity index is 2.70. The van der Waals surface area contributed by atoms with E-state index in [1.165, 1.54) is 5.56 Å². The van der Waals surface area contributed by atoms with Gasteiger partial charge < -0.3 is 0 Å². The van der Waals surface area contributed by atoms with Gasteiger partial charge in [0, 0.05) is 12.0 Å². The van der Waals surface area contributed by atoms with Crippen LogP contribution in [0.3, 0.4) is 0 Å². The average Bonchev–Trinajstić information content (AvgIpc) is 2.17. The number of carbonyl (C=O) groups excluding carboxylic acids is 1. The topological polar surface area (TPSA) is 17.1 Å². The standard InChI is InChI=1S/C15H22O/c1-11-6-8-13(9-7-11)14(16)10-12(2)15(3,4)5/h6-9,12H,10H2,1-5H3. The van der Waals surface area contributed by atoms with Gasteiger partial charge in [-0.1, -0.05) is 57.5 Å². The molecule has 0 saturated heterocycles. The highest BCUT2D eigenvalue weighted by Gasteiger charge is 2.22. The Kier molecular flexibility index (Phi) is 3.90. The van der Waals surface area contributed by atoms with E-state index in [-0.39, 0.29) is 11.2 Å². The Morgan fingerprint density at radius 3 is 2.12 bits per heavy atom. The maximum Gasteiger partial charge on any atom is 0.163 e. The molecule has 0 radical (unpaired) electrons. The van der Waals surface area contributed by atoms with Crippen molar-refractivity contribution in [1.29, 1.82) is 0 Å². The van der Waals surface area contributed by atoms with Crippen molar-refractivity contribution in [2.45, 2.75) is 41.0 Å². The van der Waals surface area contributed by atoms with Crippen LogP contribution in [0.15, 0.2) is 24.3 Å². The summed E-state index contributed by atoms with van der Waals surface area (Å²) in [6, 6.07) is 7.84. The molecular formula is C15H22O. The molecule has 1 rings (SSSR count). The van der Waals surface area contributed by atoms with Crippen molar-refractivity contribution in [3.8, 4) is 0 Å². The smallest absolute Gasteiger partial charge is 0.163 e. The molecule has 0 aliphatic rings. The zero-order valence-electron chi connectivity index (χ0n) is 11.0. The minimum atomic E-state index is 0.195. The Morgan fingerprint density at radius 2 is 1.69 bits per heavy atom. The normalized spacial score (nSPS) is 13.6. The van der Waals surface area contributed by atoms with Crippen molar-refractivity contribution in [1.82, 2.24) is 0 Å². The van der Waals surface area contributed by atoms with Crippen LogP contribution in [0.1, 0.15) is 50.0 Å². The van der Waals surface area contributed by atoms with Crippen LogP contribution >= 0.6 is 0 Å². The quantitative estimate of drug-likeness (QED) is 0.693. The Morgan fingerprint density at radius 1 is 1.19 bits per heavy atom. The number of benzene rings is 1. The first-order valence-corrected chi connectivity index (χ1v) is 5.90. The maximum atomic E-state index is 12.0. The summed E-state index contributed by atoms with van der Waals surface area (Å²) in [5.41, 5.74) is 2.22. The second-order valence-corrected chi connectivity index (χ2v) is 5.76. The van der Waals surface area contributed by atoms with Crippen molar-refractivity contribution in [2.24, 2.45) is 11.3 Å². The molecule has 16 heavy (non-hydrogen) atoms. The van der Waals surface area contributed by atoms with E-state index in [2.05, 4.69) is 27.7 Å². The van der Waals surface area contributed by atoms with Gasteiger partial charge in [0.1, 0.15) is 0 Å². The third-order valence-corrected chi connectivity index (χ3v) is 3.34. The second kappa shape index (κ2) is 4.82. The fourth-order valence-electron chi connectivity index (χ4n) is 1.44. The number of hydrogen-bond donors (Lipinski definition) is 0. The summed E-state index contributed by atoms with van der Waals surface area (Å²) < 4.78 is 0. The summed E-state index contributed by atoms with van der Waals surface area (Å²) in [5, 5.41) is 0. The lowest BCUT2D eigenvalue weighted by Gasteiger charge is -2.26. The molecule has 0 spiro atoms. The van der Waals surface area contributed by atoms with Crippen LogP contribution < -0.4 is 0 Å². The fraction of sp³-hybridized carbons (Fsp3) is 0.533. The molecule has 0 aliphatic carbocycles. The second-order valence-electron chi connectivity index (χ2n) is 5.76. The van der Waals surface area contributed by atoms with Gasteiger partial charge in [-0.2, -0.15) is 0 Å². The van der Waals surface area contributed by atoms with Gasteiger partial charge in [-0.25, -0.2) is 0 Å². The Hall–Kier alpha value is -1.11. The van der Waals surface area contributed by atoms with E-state index in [9.17, 15) is 4.79 Å². The molecule has 1 aromatic rings. The first kappa shape index (κ1) is 13.0. The van der Waals surface area contributed by atoms with Crippen LogP contribution in [0.4, 0.5) is 0 Å². The summed E-state index contributed by atoms with van der Waals surface area (Å²) in [5.74, 6) is 0.656. The summed E-state index contributed by atoms with van der Waals surface area (Å²) in [6.07, 6.45) is 0.632. The molecule has 0 bridgehead atoms. The molecule has 0 aromatic heterocycles. The van der Waals surface area contributed by atoms with Crippen molar-refractivity contribution in [3.05, 3.63) is 35.4 Å². The van der Waals surface area contributed by atoms with E-state index < -0.39 is 0 Å². The molecule has 1 atom stereocenters. The number of carbonyl (C=O) groups is 1. The number of Topliss-reactive ketones (excluding diaryl/α,β-unsaturated/α-hetero) is 1. The molecule has 1 aromatic carbocycles. The van der Waals surface area contributed by atoms with Crippen LogP contribution in [0.5, 0.6) is 0 Å². The van der Waals surface area contributed by atoms with Crippen LogP contribution in [0.2, 0.25) is 0 Å². The van der Waals surface area contributed by atoms with Gasteiger partial charge >= 0.3 is 0 Å². The zero-order chi connectivity index (χ0) is 12.3. The summed E-state index contributed by atoms with van der Waals surface area (Å²) in [7, 11) is 0. The minimum Gasteiger partial charge on any atom is -0.294 e. The zero-order valence-corrected chi connectivity index (χ0v) is 11.0. The van der Waals surface area contributed by atoms with E-state index in [0.717, 1.165) is 5.56 Å². The lowest BCUT2D eigenvalue weighted by Crippen LogP contribution is -2.20. The highest BCUT2D eigenvalue weighted by Crippen LogP contribution is 2.29. The minimum absolute atomic E-state index is 0.195. The van der Waals surface area contributed by atoms with E-state index in [1.807, 2.05) is 31.2 Å². The molecule has 0 amide bonds. The molecule has 1 nitrogen and oxygen atoms in total. The Bertz CT molecular complexity index is 354. The maximum absolute atomic E-state index is 12.0. The SMILES string of the molecule is Cc1ccc(C(=O)CC(C)C(C)(C)C)cc1. The van der Waals surface area contributed by atoms with E-state index in [4.69, 9.17) is 0 Å². The first-order valence-electron chi connectivity index (χ1n) is 5.90. The van der Waals surface area contributed by atoms with E-state index in [1.54, 1.807) is 0 Å². The van der Waals surface area contributed by atoms with Crippen LogP contribution in [-0.2, 0) is 0 Å². The predicted octanol–water partition coefficient (Wildman–Crippen LogP) is 4.25. The molecule has 0 fully saturated rings. The third-order valence-electron chi connectivity index (χ3n) is 3.34. The van der Waals surface area contributed by atoms with Crippen LogP contribution in [0.25, 0.3) is 0 Å². The van der Waals surface area contributed by atoms with E-state index in [0.29, 0.717) is 12.3 Å². The molecule has 1 unspecified atom stereocenters. The third kappa shape index (κ3) is 3.48. The monoisotopic (exact) mass is 218 g/mol. The van der Waals surface area contributed by atoms with Gasteiger partial charge in [0.2, 0.25) is 0 Å². The van der Waals surface area contributed by atoms with Crippen molar-refractivity contribution >= 4 is 5.78 Å². The number of aryl methyl sites for hydroxylation is 1. The van der Waals surface area contributed by atoms with Crippen molar-refractivity contribution in [3.63, 3.8) is 0 Å². The number of ketones is 1. The van der Waals surface area contributed by atoms with Gasteiger partial charge in [-0.15, -0.1) is 0 Å². The van der Waals surface area contributed by atoms with Crippen LogP contribution in [-0.4, -0.2) is 5.78 Å². The van der Waals surface area contributed by atoms with Crippen molar-refractivity contribution in [2.75, 3.05) is 0 Å². The summed E-state index contributed by atoms with van der Waals surface area (Å²) >= 11 is 0. The summed E-state index contributed by atoms with van der Waals surface area (Å²) in [6.45, 7) is 10.7. The lowest BCUT2D eigenvalue weighted by atomic mass is 9.78. The molecule has 0 saturated carbocycles.